The summed E-state index contributed by atoms with van der Waals surface area (Å²) in [7, 11) is 1.34. The number of nitrogens with zero attached hydrogens (tertiary/aromatic N) is 1. The quantitative estimate of drug-likeness (QED) is 0.176. The second-order valence-corrected chi connectivity index (χ2v) is 12.6. The van der Waals surface area contributed by atoms with Crippen LogP contribution in [0.15, 0.2) is 79.0 Å². The first-order valence-corrected chi connectivity index (χ1v) is 15.5. The molecule has 0 bridgehead atoms. The molecule has 1 saturated carbocycles. The van der Waals surface area contributed by atoms with Crippen LogP contribution < -0.4 is 14.8 Å². The molecule has 230 valence electrons. The Kier molecular flexibility index (Phi) is 9.83. The number of amides is 1. The summed E-state index contributed by atoms with van der Waals surface area (Å²) in [5.41, 5.74) is 2.31. The zero-order valence-electron chi connectivity index (χ0n) is 26.1. The molecule has 5 rings (SSSR count). The first-order valence-electron chi connectivity index (χ1n) is 15.5. The summed E-state index contributed by atoms with van der Waals surface area (Å²) >= 11 is 0. The third kappa shape index (κ3) is 8.16. The summed E-state index contributed by atoms with van der Waals surface area (Å²) in [5, 5.41) is 4.68. The molecule has 1 aromatic heterocycles. The van der Waals surface area contributed by atoms with Crippen LogP contribution in [0.25, 0.3) is 10.8 Å². The maximum Gasteiger partial charge on any atom is 0.307 e. The van der Waals surface area contributed by atoms with Gasteiger partial charge in [0.25, 0.3) is 5.91 Å². The Bertz CT molecular complexity index is 1570. The van der Waals surface area contributed by atoms with E-state index in [9.17, 15) is 9.59 Å². The van der Waals surface area contributed by atoms with E-state index < -0.39 is 12.0 Å². The number of carbonyl (C=O) groups excluding carboxylic acids is 2. The van der Waals surface area contributed by atoms with Gasteiger partial charge in [-0.25, -0.2) is 0 Å². The molecule has 0 aliphatic heterocycles. The molecule has 3 aromatic carbocycles. The molecule has 1 heterocycles. The van der Waals surface area contributed by atoms with Crippen molar-refractivity contribution in [2.24, 2.45) is 5.92 Å². The van der Waals surface area contributed by atoms with Crippen molar-refractivity contribution in [3.63, 3.8) is 0 Å². The van der Waals surface area contributed by atoms with Crippen molar-refractivity contribution < 1.29 is 23.8 Å². The number of pyridine rings is 1. The average molecular weight is 595 g/mol. The molecule has 1 aliphatic carbocycles. The lowest BCUT2D eigenvalue weighted by Crippen LogP contribution is -2.31. The minimum absolute atomic E-state index is 0.0102. The van der Waals surface area contributed by atoms with Crippen LogP contribution in [0.3, 0.4) is 0 Å². The molecule has 44 heavy (non-hydrogen) atoms. The molecule has 7 nitrogen and oxygen atoms in total. The normalized spacial score (nSPS) is 14.3. The second kappa shape index (κ2) is 13.9. The van der Waals surface area contributed by atoms with Crippen LogP contribution in [0.5, 0.6) is 17.2 Å². The molecule has 7 heteroatoms. The van der Waals surface area contributed by atoms with Gasteiger partial charge in [0.15, 0.2) is 0 Å². The smallest absolute Gasteiger partial charge is 0.307 e. The van der Waals surface area contributed by atoms with Crippen LogP contribution in [0.1, 0.15) is 87.0 Å². The van der Waals surface area contributed by atoms with Gasteiger partial charge in [-0.1, -0.05) is 70.7 Å². The number of hydrogen-bond acceptors (Lipinski definition) is 6. The van der Waals surface area contributed by atoms with Crippen LogP contribution in [-0.2, 0) is 14.9 Å². The number of ether oxygens (including phenoxy) is 3. The summed E-state index contributed by atoms with van der Waals surface area (Å²) in [4.78, 5) is 30.0. The number of nitrogens with one attached hydrogen (secondary N) is 1. The minimum Gasteiger partial charge on any atom is -0.494 e. The van der Waals surface area contributed by atoms with E-state index in [1.54, 1.807) is 12.3 Å². The van der Waals surface area contributed by atoms with Gasteiger partial charge in [-0.2, -0.15) is 0 Å². The number of rotatable bonds is 11. The number of benzene rings is 3. The van der Waals surface area contributed by atoms with E-state index in [0.717, 1.165) is 40.2 Å². The molecule has 0 spiro atoms. The average Bonchev–Trinajstić information content (AvgIpc) is 3.54. The van der Waals surface area contributed by atoms with Crippen LogP contribution in [-0.4, -0.2) is 30.6 Å². The standard InChI is InChI=1S/C37H42N2O5/c1-37(2,3)29-12-17-31(18-13-29)44-32-16-11-27-24-38-34(22-28(27)21-32)36(41)39-33(23-35(40)42-4)26-9-14-30(15-10-26)43-20-19-25-7-5-6-8-25/h9-18,21-22,24-25,33H,5-8,19-20,23H2,1-4H3,(H,39,41). The number of hydrogen-bond donors (Lipinski definition) is 1. The fourth-order valence-corrected chi connectivity index (χ4v) is 5.64. The predicted octanol–water partition coefficient (Wildman–Crippen LogP) is 8.32. The van der Waals surface area contributed by atoms with Crippen molar-refractivity contribution in [1.82, 2.24) is 10.3 Å². The van der Waals surface area contributed by atoms with Gasteiger partial charge in [0.2, 0.25) is 0 Å². The first kappa shape index (κ1) is 31.0. The first-order chi connectivity index (χ1) is 21.2. The Balaban J connectivity index is 1.27. The van der Waals surface area contributed by atoms with Gasteiger partial charge in [-0.05, 0) is 82.8 Å². The summed E-state index contributed by atoms with van der Waals surface area (Å²) in [6.45, 7) is 7.22. The summed E-state index contributed by atoms with van der Waals surface area (Å²) in [5.74, 6) is 2.13. The Morgan fingerprint density at radius 2 is 1.57 bits per heavy atom. The highest BCUT2D eigenvalue weighted by Crippen LogP contribution is 2.30. The molecule has 0 radical (unpaired) electrons. The molecule has 1 fully saturated rings. The Hall–Kier alpha value is -4.39. The Labute approximate surface area is 259 Å². The van der Waals surface area contributed by atoms with Crippen molar-refractivity contribution in [3.8, 4) is 17.2 Å². The lowest BCUT2D eigenvalue weighted by atomic mass is 9.87. The van der Waals surface area contributed by atoms with Gasteiger partial charge in [-0.3, -0.25) is 14.6 Å². The molecular weight excluding hydrogens is 552 g/mol. The van der Waals surface area contributed by atoms with Crippen molar-refractivity contribution >= 4 is 22.6 Å². The minimum atomic E-state index is -0.592. The van der Waals surface area contributed by atoms with Crippen LogP contribution in [0.4, 0.5) is 0 Å². The lowest BCUT2D eigenvalue weighted by molar-refractivity contribution is -0.141. The van der Waals surface area contributed by atoms with Gasteiger partial charge in [0.05, 0.1) is 26.2 Å². The summed E-state index contributed by atoms with van der Waals surface area (Å²) in [6.07, 6.45) is 7.96. The van der Waals surface area contributed by atoms with Crippen LogP contribution in [0, 0.1) is 5.92 Å². The topological polar surface area (TPSA) is 86.8 Å². The van der Waals surface area contributed by atoms with E-state index in [0.29, 0.717) is 12.4 Å². The van der Waals surface area contributed by atoms with Gasteiger partial charge in [0.1, 0.15) is 22.9 Å². The number of methoxy groups -OCH3 is 1. The summed E-state index contributed by atoms with van der Waals surface area (Å²) < 4.78 is 17.0. The molecule has 0 saturated heterocycles. The second-order valence-electron chi connectivity index (χ2n) is 12.6. The Morgan fingerprint density at radius 3 is 2.25 bits per heavy atom. The number of fused-ring (bicyclic) bond motifs is 1. The number of esters is 1. The highest BCUT2D eigenvalue weighted by molar-refractivity contribution is 5.97. The van der Waals surface area contributed by atoms with Crippen LogP contribution in [0.2, 0.25) is 0 Å². The fourth-order valence-electron chi connectivity index (χ4n) is 5.64. The molecular formula is C37H42N2O5. The van der Waals surface area contributed by atoms with Crippen molar-refractivity contribution in [3.05, 3.63) is 95.8 Å². The lowest BCUT2D eigenvalue weighted by Gasteiger charge is -2.19. The van der Waals surface area contributed by atoms with E-state index in [-0.39, 0.29) is 23.4 Å². The van der Waals surface area contributed by atoms with E-state index >= 15 is 0 Å². The Morgan fingerprint density at radius 1 is 0.886 bits per heavy atom. The highest BCUT2D eigenvalue weighted by atomic mass is 16.5. The van der Waals surface area contributed by atoms with Gasteiger partial charge < -0.3 is 19.5 Å². The molecule has 1 aliphatic rings. The van der Waals surface area contributed by atoms with Gasteiger partial charge >= 0.3 is 5.97 Å². The van der Waals surface area contributed by atoms with E-state index in [1.165, 1.54) is 38.4 Å². The predicted molar refractivity (Wildman–Crippen MR) is 172 cm³/mol. The van der Waals surface area contributed by atoms with E-state index in [1.807, 2.05) is 54.6 Å². The molecule has 1 unspecified atom stereocenters. The zero-order chi connectivity index (χ0) is 31.1. The third-order valence-corrected chi connectivity index (χ3v) is 8.34. The monoisotopic (exact) mass is 594 g/mol. The van der Waals surface area contributed by atoms with Crippen molar-refractivity contribution in [1.29, 1.82) is 0 Å². The molecule has 4 aromatic rings. The van der Waals surface area contributed by atoms with Gasteiger partial charge in [0, 0.05) is 11.6 Å². The fraction of sp³-hybridized carbons (Fsp3) is 0.378. The maximum atomic E-state index is 13.4. The zero-order valence-corrected chi connectivity index (χ0v) is 26.1. The molecule has 1 amide bonds. The van der Waals surface area contributed by atoms with Crippen molar-refractivity contribution in [2.45, 2.75) is 70.8 Å². The van der Waals surface area contributed by atoms with Crippen LogP contribution >= 0.6 is 0 Å². The summed E-state index contributed by atoms with van der Waals surface area (Å²) in [6, 6.07) is 22.4. The van der Waals surface area contributed by atoms with Gasteiger partial charge in [-0.15, -0.1) is 0 Å². The van der Waals surface area contributed by atoms with E-state index in [4.69, 9.17) is 14.2 Å². The number of aromatic nitrogens is 1. The van der Waals surface area contributed by atoms with Crippen molar-refractivity contribution in [2.75, 3.05) is 13.7 Å². The van der Waals surface area contributed by atoms with E-state index in [2.05, 4.69) is 43.2 Å². The highest BCUT2D eigenvalue weighted by Gasteiger charge is 2.21. The maximum absolute atomic E-state index is 13.4. The largest absolute Gasteiger partial charge is 0.494 e. The molecule has 1 N–H and O–H groups in total. The molecule has 1 atom stereocenters. The number of carbonyl (C=O) groups is 2. The third-order valence-electron chi connectivity index (χ3n) is 8.34. The SMILES string of the molecule is COC(=O)CC(NC(=O)c1cc2cc(Oc3ccc(C(C)(C)C)cc3)ccc2cn1)c1ccc(OCCC2CCCC2)cc1.